The van der Waals surface area contributed by atoms with E-state index in [1.807, 2.05) is 48.5 Å². The highest BCUT2D eigenvalue weighted by molar-refractivity contribution is 7.22. The van der Waals surface area contributed by atoms with Crippen molar-refractivity contribution in [2.45, 2.75) is 19.3 Å². The van der Waals surface area contributed by atoms with Crippen LogP contribution in [0.1, 0.15) is 24.0 Å². The molecule has 9 heteroatoms. The minimum atomic E-state index is -0.655. The SMILES string of the molecule is CCc1ccc([C@@H](CN=[N+]=[N-])C(=O)N/C(C=N)=C/Nc2nc3ccccc3s2)cc1. The highest BCUT2D eigenvalue weighted by Gasteiger charge is 2.20. The number of fused-ring (bicyclic) bond motifs is 1. The van der Waals surface area contributed by atoms with Crippen LogP contribution in [-0.4, -0.2) is 23.7 Å². The molecule has 8 nitrogen and oxygen atoms in total. The molecule has 0 spiro atoms. The zero-order chi connectivity index (χ0) is 21.3. The summed E-state index contributed by atoms with van der Waals surface area (Å²) < 4.78 is 1.04. The van der Waals surface area contributed by atoms with Gasteiger partial charge in [-0.3, -0.25) is 4.79 Å². The highest BCUT2D eigenvalue weighted by atomic mass is 32.1. The molecule has 0 aliphatic heterocycles. The van der Waals surface area contributed by atoms with E-state index in [-0.39, 0.29) is 18.1 Å². The monoisotopic (exact) mass is 419 g/mol. The Balaban J connectivity index is 1.74. The van der Waals surface area contributed by atoms with E-state index in [1.165, 1.54) is 17.5 Å². The quantitative estimate of drug-likeness (QED) is 0.196. The molecule has 3 aromatic rings. The molecule has 0 unspecified atom stereocenters. The molecule has 3 N–H and O–H groups in total. The first-order valence-corrected chi connectivity index (χ1v) is 10.2. The van der Waals surface area contributed by atoms with Crippen molar-refractivity contribution in [2.75, 3.05) is 11.9 Å². The number of nitrogens with zero attached hydrogens (tertiary/aromatic N) is 4. The van der Waals surface area contributed by atoms with Crippen LogP contribution < -0.4 is 10.6 Å². The van der Waals surface area contributed by atoms with Crippen LogP contribution in [0.3, 0.4) is 0 Å². The number of carbonyl (C=O) groups is 1. The number of aromatic nitrogens is 1. The Labute approximate surface area is 177 Å². The number of rotatable bonds is 9. The lowest BCUT2D eigenvalue weighted by Crippen LogP contribution is -2.31. The van der Waals surface area contributed by atoms with Gasteiger partial charge in [-0.05, 0) is 35.2 Å². The van der Waals surface area contributed by atoms with E-state index >= 15 is 0 Å². The third kappa shape index (κ3) is 5.22. The fraction of sp³-hybridized carbons (Fsp3) is 0.190. The van der Waals surface area contributed by atoms with Gasteiger partial charge in [0.15, 0.2) is 5.13 Å². The van der Waals surface area contributed by atoms with Crippen molar-refractivity contribution in [2.24, 2.45) is 5.11 Å². The first kappa shape index (κ1) is 21.0. The van der Waals surface area contributed by atoms with Gasteiger partial charge < -0.3 is 16.0 Å². The number of allylic oxidation sites excluding steroid dienone is 1. The molecule has 1 amide bonds. The maximum atomic E-state index is 12.8. The van der Waals surface area contributed by atoms with E-state index < -0.39 is 5.92 Å². The van der Waals surface area contributed by atoms with Crippen LogP contribution in [0.15, 0.2) is 65.5 Å². The fourth-order valence-corrected chi connectivity index (χ4v) is 3.70. The van der Waals surface area contributed by atoms with Crippen LogP contribution in [0.5, 0.6) is 0 Å². The van der Waals surface area contributed by atoms with Gasteiger partial charge in [0, 0.05) is 23.9 Å². The molecular formula is C21H21N7OS. The van der Waals surface area contributed by atoms with Gasteiger partial charge in [-0.2, -0.15) is 0 Å². The number of amides is 1. The number of anilines is 1. The van der Waals surface area contributed by atoms with E-state index in [0.29, 0.717) is 5.13 Å². The van der Waals surface area contributed by atoms with Crippen molar-refractivity contribution < 1.29 is 4.79 Å². The van der Waals surface area contributed by atoms with Crippen molar-refractivity contribution >= 4 is 38.8 Å². The van der Waals surface area contributed by atoms with Crippen LogP contribution in [-0.2, 0) is 11.2 Å². The first-order valence-electron chi connectivity index (χ1n) is 9.38. The van der Waals surface area contributed by atoms with Gasteiger partial charge in [-0.15, -0.1) is 0 Å². The number of benzene rings is 2. The van der Waals surface area contributed by atoms with Gasteiger partial charge in [-0.25, -0.2) is 4.98 Å². The highest BCUT2D eigenvalue weighted by Crippen LogP contribution is 2.25. The lowest BCUT2D eigenvalue weighted by atomic mass is 9.96. The third-order valence-corrected chi connectivity index (χ3v) is 5.47. The molecule has 3 rings (SSSR count). The molecule has 2 aromatic carbocycles. The maximum absolute atomic E-state index is 12.8. The standard InChI is InChI=1S/C21H21N7OS/c1-2-14-7-9-15(10-8-14)17(13-25-28-23)20(29)26-16(11-22)12-24-21-27-18-5-3-4-6-19(18)30-21/h3-12,17,22H,2,13H2,1H3,(H,24,27)(H,26,29)/b16-12+,22-11?/t17-/m1/s1. The van der Waals surface area contributed by atoms with Crippen LogP contribution in [0.25, 0.3) is 20.7 Å². The Hall–Kier alpha value is -3.68. The number of azide groups is 1. The average molecular weight is 420 g/mol. The Morgan fingerprint density at radius 3 is 2.73 bits per heavy atom. The topological polar surface area (TPSA) is 127 Å². The van der Waals surface area contributed by atoms with E-state index in [0.717, 1.165) is 34.0 Å². The second-order valence-corrected chi connectivity index (χ2v) is 7.46. The number of para-hydroxylation sites is 1. The predicted octanol–water partition coefficient (Wildman–Crippen LogP) is 4.97. The summed E-state index contributed by atoms with van der Waals surface area (Å²) in [6, 6.07) is 15.4. The van der Waals surface area contributed by atoms with E-state index in [9.17, 15) is 4.79 Å². The molecular weight excluding hydrogens is 398 g/mol. The van der Waals surface area contributed by atoms with Gasteiger partial charge >= 0.3 is 0 Å². The van der Waals surface area contributed by atoms with Crippen molar-refractivity contribution in [3.8, 4) is 0 Å². The van der Waals surface area contributed by atoms with E-state index in [4.69, 9.17) is 10.9 Å². The molecule has 0 saturated heterocycles. The lowest BCUT2D eigenvalue weighted by Gasteiger charge is -2.16. The van der Waals surface area contributed by atoms with Gasteiger partial charge in [0.1, 0.15) is 0 Å². The van der Waals surface area contributed by atoms with Gasteiger partial charge in [0.05, 0.1) is 21.8 Å². The molecule has 0 radical (unpaired) electrons. The van der Waals surface area contributed by atoms with Gasteiger partial charge in [0.25, 0.3) is 0 Å². The molecule has 1 heterocycles. The minimum absolute atomic E-state index is 0.00954. The van der Waals surface area contributed by atoms with Crippen molar-refractivity contribution in [3.05, 3.63) is 82.0 Å². The summed E-state index contributed by atoms with van der Waals surface area (Å²) in [5.74, 6) is -1.01. The molecule has 0 aliphatic carbocycles. The normalized spacial score (nSPS) is 12.1. The summed E-state index contributed by atoms with van der Waals surface area (Å²) in [7, 11) is 0. The van der Waals surface area contributed by atoms with E-state index in [2.05, 4.69) is 32.6 Å². The van der Waals surface area contributed by atoms with Gasteiger partial charge in [0.2, 0.25) is 5.91 Å². The third-order valence-electron chi connectivity index (χ3n) is 4.50. The van der Waals surface area contributed by atoms with Crippen molar-refractivity contribution in [3.63, 3.8) is 0 Å². The molecule has 0 aliphatic rings. The van der Waals surface area contributed by atoms with Crippen molar-refractivity contribution in [1.29, 1.82) is 5.41 Å². The molecule has 0 saturated carbocycles. The zero-order valence-electron chi connectivity index (χ0n) is 16.4. The predicted molar refractivity (Wildman–Crippen MR) is 121 cm³/mol. The summed E-state index contributed by atoms with van der Waals surface area (Å²) in [5.41, 5.74) is 11.7. The molecule has 30 heavy (non-hydrogen) atoms. The maximum Gasteiger partial charge on any atom is 0.232 e. The minimum Gasteiger partial charge on any atom is -0.336 e. The largest absolute Gasteiger partial charge is 0.336 e. The summed E-state index contributed by atoms with van der Waals surface area (Å²) in [6.07, 6.45) is 3.46. The Kier molecular flexibility index (Phi) is 7.15. The Morgan fingerprint density at radius 2 is 2.07 bits per heavy atom. The Morgan fingerprint density at radius 1 is 1.30 bits per heavy atom. The molecule has 0 fully saturated rings. The molecule has 1 aromatic heterocycles. The summed E-state index contributed by atoms with van der Waals surface area (Å²) in [4.78, 5) is 20.1. The van der Waals surface area contributed by atoms with Crippen LogP contribution in [0.4, 0.5) is 5.13 Å². The van der Waals surface area contributed by atoms with Crippen LogP contribution >= 0.6 is 11.3 Å². The lowest BCUT2D eigenvalue weighted by molar-refractivity contribution is -0.121. The fourth-order valence-electron chi connectivity index (χ4n) is 2.86. The van der Waals surface area contributed by atoms with Crippen LogP contribution in [0.2, 0.25) is 0 Å². The number of aryl methyl sites for hydroxylation is 1. The number of hydrogen-bond acceptors (Lipinski definition) is 6. The first-order chi connectivity index (χ1) is 14.6. The second-order valence-electron chi connectivity index (χ2n) is 6.43. The summed E-state index contributed by atoms with van der Waals surface area (Å²) in [6.45, 7) is 2.04. The smallest absolute Gasteiger partial charge is 0.232 e. The van der Waals surface area contributed by atoms with Gasteiger partial charge in [-0.1, -0.05) is 59.8 Å². The number of carbonyl (C=O) groups excluding carboxylic acids is 1. The second kappa shape index (κ2) is 10.2. The average Bonchev–Trinajstić information content (AvgIpc) is 3.20. The summed E-state index contributed by atoms with van der Waals surface area (Å²) in [5, 5.41) is 17.6. The summed E-state index contributed by atoms with van der Waals surface area (Å²) >= 11 is 1.48. The Bertz CT molecular complexity index is 1080. The zero-order valence-corrected chi connectivity index (χ0v) is 17.2. The molecule has 152 valence electrons. The number of hydrogen-bond donors (Lipinski definition) is 3. The van der Waals surface area contributed by atoms with Crippen LogP contribution in [0, 0.1) is 5.41 Å². The number of nitrogens with one attached hydrogen (secondary N) is 3. The van der Waals surface area contributed by atoms with Crippen molar-refractivity contribution in [1.82, 2.24) is 10.3 Å². The number of thiazole rings is 1. The molecule has 1 atom stereocenters. The molecule has 0 bridgehead atoms. The van der Waals surface area contributed by atoms with E-state index in [1.54, 1.807) is 0 Å².